The summed E-state index contributed by atoms with van der Waals surface area (Å²) in [6, 6.07) is 5.82. The number of anilines is 2. The first-order valence-corrected chi connectivity index (χ1v) is 5.87. The van der Waals surface area contributed by atoms with Gasteiger partial charge in [-0.2, -0.15) is 0 Å². The number of urea groups is 1. The van der Waals surface area contributed by atoms with Crippen molar-refractivity contribution < 1.29 is 4.79 Å². The fourth-order valence-electron chi connectivity index (χ4n) is 1.47. The molecule has 2 amide bonds. The van der Waals surface area contributed by atoms with Crippen molar-refractivity contribution in [3.8, 4) is 0 Å². The second-order valence-corrected chi connectivity index (χ2v) is 4.27. The van der Waals surface area contributed by atoms with Crippen LogP contribution in [0.4, 0.5) is 16.2 Å². The number of hydrogen-bond donors (Lipinski definition) is 2. The molecule has 0 fully saturated rings. The van der Waals surface area contributed by atoms with Crippen LogP contribution in [0.2, 0.25) is 0 Å². The van der Waals surface area contributed by atoms with Crippen LogP contribution >= 0.6 is 0 Å². The largest absolute Gasteiger partial charge is 0.378 e. The molecule has 94 valence electrons. The van der Waals surface area contributed by atoms with Gasteiger partial charge in [-0.05, 0) is 37.1 Å². The molecule has 1 aromatic carbocycles. The van der Waals surface area contributed by atoms with Gasteiger partial charge in [0, 0.05) is 32.0 Å². The second kappa shape index (κ2) is 6.13. The van der Waals surface area contributed by atoms with Crippen LogP contribution in [0, 0.1) is 6.92 Å². The van der Waals surface area contributed by atoms with Gasteiger partial charge < -0.3 is 15.5 Å². The summed E-state index contributed by atoms with van der Waals surface area (Å²) in [6.07, 6.45) is 0.936. The molecule has 0 saturated carbocycles. The Bertz CT molecular complexity index is 388. The lowest BCUT2D eigenvalue weighted by molar-refractivity contribution is 0.252. The first-order valence-electron chi connectivity index (χ1n) is 5.87. The van der Waals surface area contributed by atoms with Crippen molar-refractivity contribution >= 4 is 17.4 Å². The van der Waals surface area contributed by atoms with Gasteiger partial charge in [0.2, 0.25) is 0 Å². The van der Waals surface area contributed by atoms with E-state index in [0.717, 1.165) is 23.4 Å². The highest BCUT2D eigenvalue weighted by molar-refractivity contribution is 5.90. The Morgan fingerprint density at radius 1 is 1.35 bits per heavy atom. The number of hydrogen-bond acceptors (Lipinski definition) is 2. The third-order valence-corrected chi connectivity index (χ3v) is 2.51. The van der Waals surface area contributed by atoms with E-state index < -0.39 is 0 Å². The van der Waals surface area contributed by atoms with Gasteiger partial charge in [-0.3, -0.25) is 0 Å². The molecule has 0 aromatic heterocycles. The van der Waals surface area contributed by atoms with E-state index in [9.17, 15) is 4.79 Å². The minimum atomic E-state index is -0.146. The molecule has 4 nitrogen and oxygen atoms in total. The van der Waals surface area contributed by atoms with E-state index in [2.05, 4.69) is 16.7 Å². The Hall–Kier alpha value is -1.71. The van der Waals surface area contributed by atoms with Gasteiger partial charge in [0.05, 0.1) is 0 Å². The summed E-state index contributed by atoms with van der Waals surface area (Å²) in [4.78, 5) is 13.5. The van der Waals surface area contributed by atoms with Crippen LogP contribution in [0.1, 0.15) is 18.9 Å². The number of benzene rings is 1. The monoisotopic (exact) mass is 235 g/mol. The Labute approximate surface area is 103 Å². The van der Waals surface area contributed by atoms with Gasteiger partial charge in [0.15, 0.2) is 0 Å². The fourth-order valence-corrected chi connectivity index (χ4v) is 1.47. The number of aryl methyl sites for hydroxylation is 1. The molecule has 0 aliphatic heterocycles. The normalized spacial score (nSPS) is 9.88. The molecular weight excluding hydrogens is 214 g/mol. The smallest absolute Gasteiger partial charge is 0.319 e. The molecule has 17 heavy (non-hydrogen) atoms. The maximum Gasteiger partial charge on any atom is 0.319 e. The molecule has 0 bridgehead atoms. The lowest BCUT2D eigenvalue weighted by Gasteiger charge is -2.15. The summed E-state index contributed by atoms with van der Waals surface area (Å²) in [6.45, 7) is 4.71. The average Bonchev–Trinajstić information content (AvgIpc) is 2.28. The third kappa shape index (κ3) is 3.98. The zero-order valence-corrected chi connectivity index (χ0v) is 11.0. The molecule has 0 atom stereocenters. The highest BCUT2D eigenvalue weighted by Crippen LogP contribution is 2.21. The van der Waals surface area contributed by atoms with E-state index in [1.807, 2.05) is 45.0 Å². The average molecular weight is 235 g/mol. The Kier molecular flexibility index (Phi) is 4.82. The maximum absolute atomic E-state index is 11.5. The van der Waals surface area contributed by atoms with Gasteiger partial charge in [0.25, 0.3) is 0 Å². The molecule has 0 saturated heterocycles. The minimum absolute atomic E-state index is 0.146. The van der Waals surface area contributed by atoms with Gasteiger partial charge in [-0.1, -0.05) is 6.92 Å². The summed E-state index contributed by atoms with van der Waals surface area (Å²) in [5.74, 6) is 0. The van der Waals surface area contributed by atoms with Crippen LogP contribution in [0.25, 0.3) is 0 Å². The van der Waals surface area contributed by atoms with Crippen molar-refractivity contribution in [2.24, 2.45) is 0 Å². The highest BCUT2D eigenvalue weighted by Gasteiger charge is 2.04. The van der Waals surface area contributed by atoms with Gasteiger partial charge in [-0.15, -0.1) is 0 Å². The molecule has 0 heterocycles. The topological polar surface area (TPSA) is 44.4 Å². The van der Waals surface area contributed by atoms with E-state index in [1.165, 1.54) is 0 Å². The van der Waals surface area contributed by atoms with Crippen molar-refractivity contribution in [3.63, 3.8) is 0 Å². The number of carbonyl (C=O) groups excluding carboxylic acids is 1. The summed E-state index contributed by atoms with van der Waals surface area (Å²) in [7, 11) is 3.99. The quantitative estimate of drug-likeness (QED) is 0.842. The molecule has 0 spiro atoms. The van der Waals surface area contributed by atoms with E-state index >= 15 is 0 Å². The Balaban J connectivity index is 2.69. The van der Waals surface area contributed by atoms with Crippen LogP contribution in [0.15, 0.2) is 18.2 Å². The molecule has 1 rings (SSSR count). The molecule has 2 N–H and O–H groups in total. The summed E-state index contributed by atoms with van der Waals surface area (Å²) < 4.78 is 0. The SMILES string of the molecule is CCCNC(=O)Nc1ccc(N(C)C)cc1C. The summed E-state index contributed by atoms with van der Waals surface area (Å²) in [5.41, 5.74) is 3.04. The zero-order chi connectivity index (χ0) is 12.8. The van der Waals surface area contributed by atoms with E-state index in [4.69, 9.17) is 0 Å². The number of rotatable bonds is 4. The van der Waals surface area contributed by atoms with Gasteiger partial charge in [-0.25, -0.2) is 4.79 Å². The van der Waals surface area contributed by atoms with Crippen molar-refractivity contribution in [3.05, 3.63) is 23.8 Å². The van der Waals surface area contributed by atoms with Crippen LogP contribution in [0.3, 0.4) is 0 Å². The van der Waals surface area contributed by atoms with Crippen molar-refractivity contribution in [2.75, 3.05) is 30.9 Å². The zero-order valence-electron chi connectivity index (χ0n) is 11.0. The van der Waals surface area contributed by atoms with E-state index in [-0.39, 0.29) is 6.03 Å². The molecule has 1 aromatic rings. The van der Waals surface area contributed by atoms with Crippen molar-refractivity contribution in [1.29, 1.82) is 0 Å². The first kappa shape index (κ1) is 13.4. The van der Waals surface area contributed by atoms with Crippen LogP contribution < -0.4 is 15.5 Å². The van der Waals surface area contributed by atoms with Crippen molar-refractivity contribution in [2.45, 2.75) is 20.3 Å². The first-order chi connectivity index (χ1) is 8.04. The van der Waals surface area contributed by atoms with E-state index in [0.29, 0.717) is 6.54 Å². The number of carbonyl (C=O) groups is 1. The summed E-state index contributed by atoms with van der Waals surface area (Å²) >= 11 is 0. The predicted molar refractivity (Wildman–Crippen MR) is 72.8 cm³/mol. The minimum Gasteiger partial charge on any atom is -0.378 e. The molecular formula is C13H21N3O. The summed E-state index contributed by atoms with van der Waals surface area (Å²) in [5, 5.41) is 5.63. The van der Waals surface area contributed by atoms with Crippen LogP contribution in [0.5, 0.6) is 0 Å². The van der Waals surface area contributed by atoms with E-state index in [1.54, 1.807) is 0 Å². The number of amides is 2. The molecule has 0 aliphatic rings. The lowest BCUT2D eigenvalue weighted by Crippen LogP contribution is -2.29. The molecule has 0 aliphatic carbocycles. The van der Waals surface area contributed by atoms with Gasteiger partial charge >= 0.3 is 6.03 Å². The van der Waals surface area contributed by atoms with Crippen LogP contribution in [-0.4, -0.2) is 26.7 Å². The number of nitrogens with one attached hydrogen (secondary N) is 2. The third-order valence-electron chi connectivity index (χ3n) is 2.51. The maximum atomic E-state index is 11.5. The molecule has 4 heteroatoms. The Morgan fingerprint density at radius 2 is 2.06 bits per heavy atom. The van der Waals surface area contributed by atoms with Crippen LogP contribution in [-0.2, 0) is 0 Å². The predicted octanol–water partition coefficient (Wildman–Crippen LogP) is 2.59. The molecule has 0 unspecified atom stereocenters. The second-order valence-electron chi connectivity index (χ2n) is 4.27. The highest BCUT2D eigenvalue weighted by atomic mass is 16.2. The molecule has 0 radical (unpaired) electrons. The lowest BCUT2D eigenvalue weighted by atomic mass is 10.1. The van der Waals surface area contributed by atoms with Gasteiger partial charge in [0.1, 0.15) is 0 Å². The number of nitrogens with zero attached hydrogens (tertiary/aromatic N) is 1. The standard InChI is InChI=1S/C13H21N3O/c1-5-8-14-13(17)15-12-7-6-11(16(3)4)9-10(12)2/h6-7,9H,5,8H2,1-4H3,(H2,14,15,17). The van der Waals surface area contributed by atoms with Crippen molar-refractivity contribution in [1.82, 2.24) is 5.32 Å². The Morgan fingerprint density at radius 3 is 2.59 bits per heavy atom. The fraction of sp³-hybridized carbons (Fsp3) is 0.462.